The van der Waals surface area contributed by atoms with E-state index in [9.17, 15) is 9.59 Å². The van der Waals surface area contributed by atoms with Crippen LogP contribution in [0.5, 0.6) is 11.5 Å². The van der Waals surface area contributed by atoms with Gasteiger partial charge in [0.15, 0.2) is 11.5 Å². The first-order valence-electron chi connectivity index (χ1n) is 13.1. The lowest BCUT2D eigenvalue weighted by atomic mass is 10.1. The van der Waals surface area contributed by atoms with Crippen LogP contribution in [-0.2, 0) is 22.6 Å². The maximum absolute atomic E-state index is 13.5. The molecule has 2 aromatic rings. The largest absolute Gasteiger partial charge is 0.490 e. The van der Waals surface area contributed by atoms with Crippen LogP contribution in [0.4, 0.5) is 0 Å². The Morgan fingerprint density at radius 2 is 1.63 bits per heavy atom. The molecule has 3 rings (SSSR count). The second-order valence-electron chi connectivity index (χ2n) is 9.07. The number of aryl methyl sites for hydroxylation is 1. The van der Waals surface area contributed by atoms with Crippen molar-refractivity contribution in [2.75, 3.05) is 13.2 Å². The van der Waals surface area contributed by atoms with E-state index in [2.05, 4.69) is 5.32 Å². The van der Waals surface area contributed by atoms with Gasteiger partial charge in [-0.1, -0.05) is 56.2 Å². The number of hydrogen-bond donors (Lipinski definition) is 1. The molecular weight excluding hydrogens is 440 g/mol. The summed E-state index contributed by atoms with van der Waals surface area (Å²) in [6, 6.07) is 15.5. The topological polar surface area (TPSA) is 67.9 Å². The summed E-state index contributed by atoms with van der Waals surface area (Å²) in [4.78, 5) is 28.5. The lowest BCUT2D eigenvalue weighted by molar-refractivity contribution is -0.141. The van der Waals surface area contributed by atoms with Gasteiger partial charge in [0.25, 0.3) is 0 Å². The number of nitrogens with one attached hydrogen (secondary N) is 1. The fraction of sp³-hybridized carbons (Fsp3) is 0.517. The number of nitrogens with zero attached hydrogens (tertiary/aromatic N) is 1. The number of amides is 2. The molecule has 0 saturated heterocycles. The average molecular weight is 481 g/mol. The van der Waals surface area contributed by atoms with Crippen LogP contribution in [0.2, 0.25) is 0 Å². The molecule has 0 aliphatic heterocycles. The molecule has 6 heteroatoms. The summed E-state index contributed by atoms with van der Waals surface area (Å²) in [6.07, 6.45) is 5.81. The van der Waals surface area contributed by atoms with Crippen LogP contribution in [0.1, 0.15) is 70.4 Å². The second kappa shape index (κ2) is 13.8. The lowest BCUT2D eigenvalue weighted by Crippen LogP contribution is -2.51. The van der Waals surface area contributed by atoms with Crippen LogP contribution in [0.3, 0.4) is 0 Å². The van der Waals surface area contributed by atoms with Gasteiger partial charge in [-0.3, -0.25) is 9.59 Å². The molecule has 1 saturated carbocycles. The molecule has 0 radical (unpaired) electrons. The van der Waals surface area contributed by atoms with Crippen LogP contribution in [0, 0.1) is 0 Å². The van der Waals surface area contributed by atoms with Crippen molar-refractivity contribution >= 4 is 11.8 Å². The maximum atomic E-state index is 13.5. The zero-order chi connectivity index (χ0) is 25.0. The van der Waals surface area contributed by atoms with Crippen molar-refractivity contribution in [3.8, 4) is 11.5 Å². The van der Waals surface area contributed by atoms with Crippen LogP contribution < -0.4 is 14.8 Å². The van der Waals surface area contributed by atoms with E-state index in [1.54, 1.807) is 4.90 Å². The fourth-order valence-corrected chi connectivity index (χ4v) is 4.71. The Morgan fingerprint density at radius 1 is 0.943 bits per heavy atom. The summed E-state index contributed by atoms with van der Waals surface area (Å²) in [5.74, 6) is 1.35. The van der Waals surface area contributed by atoms with Crippen molar-refractivity contribution in [1.82, 2.24) is 10.2 Å². The number of rotatable bonds is 13. The van der Waals surface area contributed by atoms with Crippen LogP contribution >= 0.6 is 0 Å². The third kappa shape index (κ3) is 7.74. The van der Waals surface area contributed by atoms with Crippen LogP contribution in [0.15, 0.2) is 48.5 Å². The fourth-order valence-electron chi connectivity index (χ4n) is 4.71. The second-order valence-corrected chi connectivity index (χ2v) is 9.07. The van der Waals surface area contributed by atoms with Crippen molar-refractivity contribution < 1.29 is 19.1 Å². The highest BCUT2D eigenvalue weighted by atomic mass is 16.5. The number of carbonyl (C=O) groups excluding carboxylic acids is 2. The zero-order valence-electron chi connectivity index (χ0n) is 21.4. The Balaban J connectivity index is 1.74. The molecule has 0 aromatic heterocycles. The predicted molar refractivity (Wildman–Crippen MR) is 139 cm³/mol. The first kappa shape index (κ1) is 26.6. The molecule has 1 aliphatic carbocycles. The third-order valence-corrected chi connectivity index (χ3v) is 6.52. The summed E-state index contributed by atoms with van der Waals surface area (Å²) < 4.78 is 11.4. The number of ether oxygens (including phenoxy) is 2. The molecule has 0 unspecified atom stereocenters. The molecular formula is C29H40N2O4. The normalized spacial score (nSPS) is 14.4. The van der Waals surface area contributed by atoms with E-state index >= 15 is 0 Å². The number of carbonyl (C=O) groups is 2. The van der Waals surface area contributed by atoms with E-state index in [4.69, 9.17) is 9.47 Å². The van der Waals surface area contributed by atoms with E-state index in [0.29, 0.717) is 50.5 Å². The predicted octanol–water partition coefficient (Wildman–Crippen LogP) is 5.28. The molecule has 0 bridgehead atoms. The van der Waals surface area contributed by atoms with Crippen molar-refractivity contribution in [3.05, 3.63) is 59.7 Å². The quantitative estimate of drug-likeness (QED) is 0.423. The molecule has 6 nitrogen and oxygen atoms in total. The Bertz CT molecular complexity index is 941. The van der Waals surface area contributed by atoms with Crippen molar-refractivity contribution in [1.29, 1.82) is 0 Å². The molecule has 1 N–H and O–H groups in total. The van der Waals surface area contributed by atoms with E-state index in [1.807, 2.05) is 69.3 Å². The van der Waals surface area contributed by atoms with Gasteiger partial charge in [-0.15, -0.1) is 0 Å². The molecule has 2 aromatic carbocycles. The van der Waals surface area contributed by atoms with Gasteiger partial charge in [-0.25, -0.2) is 0 Å². The Morgan fingerprint density at radius 3 is 2.29 bits per heavy atom. The van der Waals surface area contributed by atoms with Gasteiger partial charge >= 0.3 is 0 Å². The van der Waals surface area contributed by atoms with E-state index in [1.165, 1.54) is 0 Å². The minimum atomic E-state index is -0.484. The van der Waals surface area contributed by atoms with Gasteiger partial charge in [0.05, 0.1) is 13.2 Å². The molecule has 35 heavy (non-hydrogen) atoms. The third-order valence-electron chi connectivity index (χ3n) is 6.52. The number of hydrogen-bond acceptors (Lipinski definition) is 4. The van der Waals surface area contributed by atoms with Crippen LogP contribution in [0.25, 0.3) is 0 Å². The van der Waals surface area contributed by atoms with Gasteiger partial charge < -0.3 is 19.7 Å². The first-order valence-corrected chi connectivity index (χ1v) is 13.1. The minimum Gasteiger partial charge on any atom is -0.490 e. The van der Waals surface area contributed by atoms with Gasteiger partial charge in [0.1, 0.15) is 6.04 Å². The van der Waals surface area contributed by atoms with E-state index in [0.717, 1.165) is 36.8 Å². The van der Waals surface area contributed by atoms with Crippen LogP contribution in [-0.4, -0.2) is 42.0 Å². The molecule has 190 valence electrons. The molecule has 1 aliphatic rings. The Labute approximate surface area is 210 Å². The first-order chi connectivity index (χ1) is 17.0. The standard InChI is InChI=1S/C29H40N2O4/c1-4-25(29(33)30-24-14-10-11-15-24)31(21-23-12-8-7-9-13-23)28(32)19-17-22-16-18-26(34-5-2)27(20-22)35-6-3/h7-9,12-13,16,18,20,24-25H,4-6,10-11,14-15,17,19,21H2,1-3H3,(H,30,33)/t25-/m0/s1. The minimum absolute atomic E-state index is 0.0193. The van der Waals surface area contributed by atoms with Gasteiger partial charge in [-0.2, -0.15) is 0 Å². The van der Waals surface area contributed by atoms with Gasteiger partial charge in [0.2, 0.25) is 11.8 Å². The van der Waals surface area contributed by atoms with Gasteiger partial charge in [0, 0.05) is 19.0 Å². The summed E-state index contributed by atoms with van der Waals surface area (Å²) in [7, 11) is 0. The molecule has 1 fully saturated rings. The molecule has 0 spiro atoms. The highest BCUT2D eigenvalue weighted by molar-refractivity contribution is 5.88. The Kier molecular flexibility index (Phi) is 10.5. The monoisotopic (exact) mass is 480 g/mol. The van der Waals surface area contributed by atoms with Crippen molar-refractivity contribution in [3.63, 3.8) is 0 Å². The number of benzene rings is 2. The lowest BCUT2D eigenvalue weighted by Gasteiger charge is -2.31. The Hall–Kier alpha value is -3.02. The SMILES string of the molecule is CCOc1ccc(CCC(=O)N(Cc2ccccc2)[C@@H](CC)C(=O)NC2CCCC2)cc1OCC. The summed E-state index contributed by atoms with van der Waals surface area (Å²) >= 11 is 0. The summed E-state index contributed by atoms with van der Waals surface area (Å²) in [5.41, 5.74) is 2.03. The molecule has 0 heterocycles. The van der Waals surface area contributed by atoms with Crippen molar-refractivity contribution in [2.24, 2.45) is 0 Å². The molecule has 2 amide bonds. The molecule has 1 atom stereocenters. The average Bonchev–Trinajstić information content (AvgIpc) is 3.37. The smallest absolute Gasteiger partial charge is 0.243 e. The van der Waals surface area contributed by atoms with Gasteiger partial charge in [-0.05, 0) is 62.8 Å². The van der Waals surface area contributed by atoms with Crippen molar-refractivity contribution in [2.45, 2.75) is 84.3 Å². The van der Waals surface area contributed by atoms with E-state index < -0.39 is 6.04 Å². The highest BCUT2D eigenvalue weighted by Gasteiger charge is 2.30. The van der Waals surface area contributed by atoms with E-state index in [-0.39, 0.29) is 17.9 Å². The highest BCUT2D eigenvalue weighted by Crippen LogP contribution is 2.29. The zero-order valence-corrected chi connectivity index (χ0v) is 21.4. The maximum Gasteiger partial charge on any atom is 0.243 e. The summed E-state index contributed by atoms with van der Waals surface area (Å²) in [6.45, 7) is 7.38. The summed E-state index contributed by atoms with van der Waals surface area (Å²) in [5, 5.41) is 3.20.